The van der Waals surface area contributed by atoms with Gasteiger partial charge in [0.1, 0.15) is 0 Å². The van der Waals surface area contributed by atoms with Crippen molar-refractivity contribution in [3.05, 3.63) is 0 Å². The molecule has 0 aliphatic carbocycles. The number of imide groups is 1. The largest absolute Gasteiger partial charge is 0.481 e. The zero-order chi connectivity index (χ0) is 12.7. The van der Waals surface area contributed by atoms with E-state index in [-0.39, 0.29) is 24.3 Å². The molecular formula is C7H11NO7S. The highest BCUT2D eigenvalue weighted by Crippen LogP contribution is 2.11. The second-order valence-corrected chi connectivity index (χ2v) is 3.24. The van der Waals surface area contributed by atoms with Crippen molar-refractivity contribution in [2.24, 2.45) is 0 Å². The lowest BCUT2D eigenvalue weighted by Crippen LogP contribution is -2.28. The average Bonchev–Trinajstić information content (AvgIpc) is 2.50. The van der Waals surface area contributed by atoms with E-state index in [1.165, 1.54) is 0 Å². The number of nitrogens with zero attached hydrogens (tertiary/aromatic N) is 1. The van der Waals surface area contributed by atoms with Crippen molar-refractivity contribution in [2.45, 2.75) is 26.2 Å². The topological polar surface area (TPSA) is 118 Å². The zero-order valence-corrected chi connectivity index (χ0v) is 9.31. The second-order valence-electron chi connectivity index (χ2n) is 2.63. The smallest absolute Gasteiger partial charge is 0.303 e. The van der Waals surface area contributed by atoms with Crippen LogP contribution in [0.2, 0.25) is 0 Å². The molecule has 0 aromatic heterocycles. The van der Waals surface area contributed by atoms with E-state index in [4.69, 9.17) is 5.11 Å². The van der Waals surface area contributed by atoms with Crippen LogP contribution in [0.5, 0.6) is 0 Å². The Kier molecular flexibility index (Phi) is 6.27. The van der Waals surface area contributed by atoms with Crippen molar-refractivity contribution in [3.8, 4) is 0 Å². The summed E-state index contributed by atoms with van der Waals surface area (Å²) in [5, 5.41) is 7.99. The third-order valence-corrected chi connectivity index (χ3v) is 1.75. The number of carboxylic acid groups (broad SMARTS) is 1. The van der Waals surface area contributed by atoms with Crippen LogP contribution >= 0.6 is 0 Å². The molecule has 0 saturated carbocycles. The standard InChI is InChI=1S/C4H5NO5S.C3H6O2/c6-3-1-2-4(7)5(3)10-11(8)9;1-2-3(4)5/h11H,1-2H2;2H2,1H3,(H,4,5). The van der Waals surface area contributed by atoms with Crippen LogP contribution in [-0.4, -0.2) is 36.4 Å². The summed E-state index contributed by atoms with van der Waals surface area (Å²) >= 11 is 0. The molecule has 1 rings (SSSR count). The number of hydrogen-bond acceptors (Lipinski definition) is 6. The number of hydroxylamine groups is 2. The molecule has 0 unspecified atom stereocenters. The minimum Gasteiger partial charge on any atom is -0.481 e. The molecule has 1 heterocycles. The summed E-state index contributed by atoms with van der Waals surface area (Å²) in [7, 11) is -3.18. The summed E-state index contributed by atoms with van der Waals surface area (Å²) in [6.45, 7) is 1.60. The van der Waals surface area contributed by atoms with Gasteiger partial charge in [-0.2, -0.15) is 0 Å². The number of carboxylic acids is 1. The van der Waals surface area contributed by atoms with Gasteiger partial charge in [0.05, 0.1) is 0 Å². The molecule has 0 atom stereocenters. The van der Waals surface area contributed by atoms with Crippen LogP contribution in [0.4, 0.5) is 0 Å². The minimum absolute atomic E-state index is 0.0159. The predicted molar refractivity (Wildman–Crippen MR) is 50.4 cm³/mol. The zero-order valence-electron chi connectivity index (χ0n) is 8.41. The van der Waals surface area contributed by atoms with Gasteiger partial charge in [0.15, 0.2) is 0 Å². The van der Waals surface area contributed by atoms with Crippen molar-refractivity contribution in [1.29, 1.82) is 0 Å². The molecule has 92 valence electrons. The Balaban J connectivity index is 0.000000385. The maximum absolute atomic E-state index is 10.6. The first-order chi connectivity index (χ1) is 7.38. The fraction of sp³-hybridized carbons (Fsp3) is 0.571. The van der Waals surface area contributed by atoms with E-state index in [1.807, 2.05) is 0 Å². The fourth-order valence-electron chi connectivity index (χ4n) is 0.714. The number of hydrogen-bond donors (Lipinski definition) is 2. The van der Waals surface area contributed by atoms with E-state index in [1.54, 1.807) is 6.92 Å². The molecule has 9 heteroatoms. The number of thiol groups is 1. The summed E-state index contributed by atoms with van der Waals surface area (Å²) in [5.74, 6) is -1.98. The number of rotatable bonds is 3. The van der Waals surface area contributed by atoms with E-state index < -0.39 is 28.8 Å². The average molecular weight is 253 g/mol. The van der Waals surface area contributed by atoms with Gasteiger partial charge in [0.25, 0.3) is 22.8 Å². The van der Waals surface area contributed by atoms with Crippen LogP contribution in [0, 0.1) is 0 Å². The first-order valence-electron chi connectivity index (χ1n) is 4.28. The Morgan fingerprint density at radius 3 is 2.00 bits per heavy atom. The van der Waals surface area contributed by atoms with E-state index in [0.29, 0.717) is 0 Å². The molecule has 0 bridgehead atoms. The third kappa shape index (κ3) is 5.41. The van der Waals surface area contributed by atoms with Gasteiger partial charge in [0.2, 0.25) is 0 Å². The van der Waals surface area contributed by atoms with Gasteiger partial charge in [-0.3, -0.25) is 14.4 Å². The molecule has 1 aliphatic rings. The normalized spacial score (nSPS) is 15.0. The number of carbonyl (C=O) groups is 3. The number of amides is 2. The van der Waals surface area contributed by atoms with Gasteiger partial charge in [0, 0.05) is 19.3 Å². The van der Waals surface area contributed by atoms with E-state index >= 15 is 0 Å². The second kappa shape index (κ2) is 6.90. The third-order valence-electron chi connectivity index (χ3n) is 1.46. The molecule has 1 N–H and O–H groups in total. The molecule has 1 aliphatic heterocycles. The van der Waals surface area contributed by atoms with Crippen LogP contribution < -0.4 is 0 Å². The Morgan fingerprint density at radius 1 is 1.38 bits per heavy atom. The molecular weight excluding hydrogens is 242 g/mol. The SMILES string of the molecule is CCC(=O)O.O=C1CCC(=O)N1O[SH](=O)=O. The van der Waals surface area contributed by atoms with E-state index in [2.05, 4.69) is 4.28 Å². The lowest BCUT2D eigenvalue weighted by Gasteiger charge is -2.05. The fourth-order valence-corrected chi connectivity index (χ4v) is 1.03. The minimum atomic E-state index is -3.18. The quantitative estimate of drug-likeness (QED) is 0.493. The summed E-state index contributed by atoms with van der Waals surface area (Å²) in [6, 6.07) is 0. The lowest BCUT2D eigenvalue weighted by molar-refractivity contribution is -0.163. The Labute approximate surface area is 92.9 Å². The first kappa shape index (κ1) is 14.5. The van der Waals surface area contributed by atoms with Gasteiger partial charge in [-0.15, -0.1) is 9.35 Å². The van der Waals surface area contributed by atoms with Gasteiger partial charge in [-0.25, -0.2) is 8.42 Å². The highest BCUT2D eigenvalue weighted by atomic mass is 32.2. The predicted octanol–water partition coefficient (Wildman–Crippen LogP) is -0.926. The molecule has 16 heavy (non-hydrogen) atoms. The van der Waals surface area contributed by atoms with E-state index in [9.17, 15) is 22.8 Å². The molecule has 0 aromatic rings. The maximum atomic E-state index is 10.6. The Bertz CT molecular complexity index is 338. The van der Waals surface area contributed by atoms with Gasteiger partial charge in [-0.05, 0) is 0 Å². The molecule has 2 amide bonds. The van der Waals surface area contributed by atoms with Gasteiger partial charge >= 0.3 is 5.97 Å². The van der Waals surface area contributed by atoms with Crippen LogP contribution in [0.15, 0.2) is 0 Å². The van der Waals surface area contributed by atoms with Crippen LogP contribution in [0.3, 0.4) is 0 Å². The summed E-state index contributed by atoms with van der Waals surface area (Å²) in [5.41, 5.74) is 0. The monoisotopic (exact) mass is 253 g/mol. The lowest BCUT2D eigenvalue weighted by atomic mass is 10.4. The van der Waals surface area contributed by atoms with Gasteiger partial charge in [-0.1, -0.05) is 6.92 Å². The Hall–Kier alpha value is -1.48. The van der Waals surface area contributed by atoms with E-state index in [0.717, 1.165) is 0 Å². The molecule has 1 fully saturated rings. The molecule has 0 spiro atoms. The van der Waals surface area contributed by atoms with Crippen molar-refractivity contribution in [1.82, 2.24) is 5.06 Å². The Morgan fingerprint density at radius 2 is 1.75 bits per heavy atom. The van der Waals surface area contributed by atoms with Crippen molar-refractivity contribution in [2.75, 3.05) is 0 Å². The molecule has 0 radical (unpaired) electrons. The number of carbonyl (C=O) groups excluding carboxylic acids is 2. The number of aliphatic carboxylic acids is 1. The maximum Gasteiger partial charge on any atom is 0.303 e. The van der Waals surface area contributed by atoms with Crippen molar-refractivity contribution in [3.63, 3.8) is 0 Å². The summed E-state index contributed by atoms with van der Waals surface area (Å²) in [6.07, 6.45) is 0.254. The van der Waals surface area contributed by atoms with Crippen LogP contribution in [-0.2, 0) is 29.7 Å². The van der Waals surface area contributed by atoms with Crippen molar-refractivity contribution >= 4 is 28.8 Å². The van der Waals surface area contributed by atoms with Crippen LogP contribution in [0.1, 0.15) is 26.2 Å². The van der Waals surface area contributed by atoms with Crippen LogP contribution in [0.25, 0.3) is 0 Å². The van der Waals surface area contributed by atoms with Gasteiger partial charge < -0.3 is 5.11 Å². The first-order valence-corrected chi connectivity index (χ1v) is 5.38. The highest BCUT2D eigenvalue weighted by molar-refractivity contribution is 7.67. The summed E-state index contributed by atoms with van der Waals surface area (Å²) < 4.78 is 23.8. The van der Waals surface area contributed by atoms with Crippen molar-refractivity contribution < 1.29 is 32.2 Å². The summed E-state index contributed by atoms with van der Waals surface area (Å²) in [4.78, 5) is 30.6. The molecule has 0 aromatic carbocycles. The molecule has 1 saturated heterocycles. The highest BCUT2D eigenvalue weighted by Gasteiger charge is 2.31. The molecule has 8 nitrogen and oxygen atoms in total.